The normalized spacial score (nSPS) is 10.4. The summed E-state index contributed by atoms with van der Waals surface area (Å²) < 4.78 is 6.47. The van der Waals surface area contributed by atoms with Crippen LogP contribution in [0.15, 0.2) is 12.3 Å². The van der Waals surface area contributed by atoms with E-state index in [0.29, 0.717) is 5.15 Å². The predicted molar refractivity (Wildman–Crippen MR) is 57.7 cm³/mol. The van der Waals surface area contributed by atoms with Crippen molar-refractivity contribution in [1.82, 2.24) is 4.98 Å². The molecule has 1 rings (SSSR count). The molecular weight excluding hydrogens is 288 g/mol. The summed E-state index contributed by atoms with van der Waals surface area (Å²) in [6, 6.07) is 1.73. The third kappa shape index (κ3) is 2.79. The minimum atomic E-state index is 0.164. The molecule has 0 spiro atoms. The van der Waals surface area contributed by atoms with Crippen molar-refractivity contribution in [2.45, 2.75) is 20.0 Å². The topological polar surface area (TPSA) is 22.1 Å². The van der Waals surface area contributed by atoms with Crippen LogP contribution in [-0.4, -0.2) is 11.1 Å². The molecule has 0 aliphatic heterocycles. The van der Waals surface area contributed by atoms with Crippen LogP contribution in [-0.2, 0) is 0 Å². The van der Waals surface area contributed by atoms with E-state index in [4.69, 9.17) is 16.3 Å². The van der Waals surface area contributed by atoms with Gasteiger partial charge in [0.15, 0.2) is 0 Å². The molecule has 12 heavy (non-hydrogen) atoms. The predicted octanol–water partition coefficient (Wildman–Crippen LogP) is 3.13. The van der Waals surface area contributed by atoms with Crippen LogP contribution in [0.5, 0.6) is 5.75 Å². The summed E-state index contributed by atoms with van der Waals surface area (Å²) in [7, 11) is 0. The van der Waals surface area contributed by atoms with Gasteiger partial charge in [-0.05, 0) is 36.4 Å². The zero-order valence-electron chi connectivity index (χ0n) is 6.84. The van der Waals surface area contributed by atoms with Gasteiger partial charge >= 0.3 is 0 Å². The zero-order valence-corrected chi connectivity index (χ0v) is 9.76. The molecule has 0 N–H and O–H groups in total. The number of hydrogen-bond acceptors (Lipinski definition) is 2. The number of nitrogens with zero attached hydrogens (tertiary/aromatic N) is 1. The Morgan fingerprint density at radius 3 is 2.83 bits per heavy atom. The van der Waals surface area contributed by atoms with Crippen molar-refractivity contribution in [2.75, 3.05) is 0 Å². The minimum absolute atomic E-state index is 0.164. The van der Waals surface area contributed by atoms with Crippen molar-refractivity contribution >= 4 is 34.2 Å². The number of aromatic nitrogens is 1. The van der Waals surface area contributed by atoms with E-state index in [1.807, 2.05) is 13.8 Å². The molecule has 0 aliphatic carbocycles. The van der Waals surface area contributed by atoms with Gasteiger partial charge in [-0.3, -0.25) is 0 Å². The number of pyridine rings is 1. The third-order valence-corrected chi connectivity index (χ3v) is 2.17. The maximum atomic E-state index is 5.71. The second kappa shape index (κ2) is 4.28. The lowest BCUT2D eigenvalue weighted by Gasteiger charge is -2.10. The quantitative estimate of drug-likeness (QED) is 0.618. The van der Waals surface area contributed by atoms with E-state index in [2.05, 4.69) is 27.6 Å². The second-order valence-electron chi connectivity index (χ2n) is 2.60. The first-order valence-corrected chi connectivity index (χ1v) is 5.03. The van der Waals surface area contributed by atoms with Gasteiger partial charge in [-0.25, -0.2) is 4.98 Å². The largest absolute Gasteiger partial charge is 0.490 e. The van der Waals surface area contributed by atoms with E-state index in [1.54, 1.807) is 12.3 Å². The van der Waals surface area contributed by atoms with Gasteiger partial charge in [0, 0.05) is 12.3 Å². The molecule has 0 amide bonds. The number of halogens is 2. The fraction of sp³-hybridized carbons (Fsp3) is 0.375. The van der Waals surface area contributed by atoms with Crippen LogP contribution in [0.4, 0.5) is 0 Å². The Bertz CT molecular complexity index is 278. The summed E-state index contributed by atoms with van der Waals surface area (Å²) in [6.45, 7) is 3.95. The van der Waals surface area contributed by atoms with Crippen LogP contribution in [0, 0.1) is 3.57 Å². The van der Waals surface area contributed by atoms with Crippen molar-refractivity contribution in [3.8, 4) is 5.75 Å². The van der Waals surface area contributed by atoms with Gasteiger partial charge in [0.2, 0.25) is 0 Å². The highest BCUT2D eigenvalue weighted by atomic mass is 127. The highest BCUT2D eigenvalue weighted by Crippen LogP contribution is 2.23. The molecule has 1 heterocycles. The maximum absolute atomic E-state index is 5.71. The summed E-state index contributed by atoms with van der Waals surface area (Å²) in [4.78, 5) is 3.92. The van der Waals surface area contributed by atoms with Crippen LogP contribution in [0.2, 0.25) is 5.15 Å². The highest BCUT2D eigenvalue weighted by molar-refractivity contribution is 14.1. The molecule has 0 aliphatic rings. The summed E-state index contributed by atoms with van der Waals surface area (Å²) in [6.07, 6.45) is 1.86. The Morgan fingerprint density at radius 2 is 2.25 bits per heavy atom. The van der Waals surface area contributed by atoms with Crippen LogP contribution < -0.4 is 4.74 Å². The van der Waals surface area contributed by atoms with Gasteiger partial charge in [-0.15, -0.1) is 0 Å². The lowest BCUT2D eigenvalue weighted by atomic mass is 10.4. The van der Waals surface area contributed by atoms with Gasteiger partial charge in [0.05, 0.1) is 9.67 Å². The van der Waals surface area contributed by atoms with E-state index in [9.17, 15) is 0 Å². The molecule has 1 aromatic rings. The molecule has 1 aromatic heterocycles. The van der Waals surface area contributed by atoms with Gasteiger partial charge < -0.3 is 4.74 Å². The standard InChI is InChI=1S/C8H9ClINO/c1-5(2)12-7-3-8(9)11-4-6(7)10/h3-5H,1-2H3. The first kappa shape index (κ1) is 10.1. The van der Waals surface area contributed by atoms with E-state index >= 15 is 0 Å². The first-order chi connectivity index (χ1) is 5.59. The molecule has 0 aromatic carbocycles. The Labute approximate surface area is 90.4 Å². The lowest BCUT2D eigenvalue weighted by molar-refractivity contribution is 0.240. The molecule has 0 unspecified atom stereocenters. The molecular formula is C8H9ClINO. The van der Waals surface area contributed by atoms with Crippen molar-refractivity contribution in [2.24, 2.45) is 0 Å². The van der Waals surface area contributed by atoms with Crippen LogP contribution in [0.3, 0.4) is 0 Å². The van der Waals surface area contributed by atoms with Crippen LogP contribution in [0.1, 0.15) is 13.8 Å². The first-order valence-electron chi connectivity index (χ1n) is 3.57. The summed E-state index contributed by atoms with van der Waals surface area (Å²) in [5.74, 6) is 0.797. The Morgan fingerprint density at radius 1 is 1.58 bits per heavy atom. The van der Waals surface area contributed by atoms with E-state index in [0.717, 1.165) is 9.32 Å². The van der Waals surface area contributed by atoms with Gasteiger partial charge in [-0.2, -0.15) is 0 Å². The molecule has 0 saturated heterocycles. The van der Waals surface area contributed by atoms with Gasteiger partial charge in [-0.1, -0.05) is 11.6 Å². The summed E-state index contributed by atoms with van der Waals surface area (Å²) in [5, 5.41) is 0.464. The maximum Gasteiger partial charge on any atom is 0.137 e. The lowest BCUT2D eigenvalue weighted by Crippen LogP contribution is -2.06. The molecule has 4 heteroatoms. The van der Waals surface area contributed by atoms with Crippen molar-refractivity contribution < 1.29 is 4.74 Å². The average molecular weight is 298 g/mol. The Balaban J connectivity index is 2.90. The SMILES string of the molecule is CC(C)Oc1cc(Cl)ncc1I. The van der Waals surface area contributed by atoms with Gasteiger partial charge in [0.1, 0.15) is 10.9 Å². The van der Waals surface area contributed by atoms with Crippen LogP contribution >= 0.6 is 34.2 Å². The number of hydrogen-bond donors (Lipinski definition) is 0. The minimum Gasteiger partial charge on any atom is -0.490 e. The third-order valence-electron chi connectivity index (χ3n) is 1.15. The van der Waals surface area contributed by atoms with Gasteiger partial charge in [0.25, 0.3) is 0 Å². The molecule has 0 fully saturated rings. The molecule has 2 nitrogen and oxygen atoms in total. The monoisotopic (exact) mass is 297 g/mol. The molecule has 0 radical (unpaired) electrons. The average Bonchev–Trinajstić information content (AvgIpc) is 1.96. The van der Waals surface area contributed by atoms with Crippen molar-refractivity contribution in [1.29, 1.82) is 0 Å². The summed E-state index contributed by atoms with van der Waals surface area (Å²) in [5.41, 5.74) is 0. The van der Waals surface area contributed by atoms with Crippen molar-refractivity contribution in [3.05, 3.63) is 21.0 Å². The second-order valence-corrected chi connectivity index (χ2v) is 4.15. The highest BCUT2D eigenvalue weighted by Gasteiger charge is 2.04. The Hall–Kier alpha value is -0.0300. The van der Waals surface area contributed by atoms with Crippen molar-refractivity contribution in [3.63, 3.8) is 0 Å². The molecule has 0 atom stereocenters. The number of ether oxygens (including phenoxy) is 1. The fourth-order valence-corrected chi connectivity index (χ4v) is 1.31. The van der Waals surface area contributed by atoms with Crippen LogP contribution in [0.25, 0.3) is 0 Å². The molecule has 0 saturated carbocycles. The molecule has 66 valence electrons. The molecule has 0 bridgehead atoms. The number of rotatable bonds is 2. The smallest absolute Gasteiger partial charge is 0.137 e. The fourth-order valence-electron chi connectivity index (χ4n) is 0.741. The van der Waals surface area contributed by atoms with E-state index in [-0.39, 0.29) is 6.10 Å². The Kier molecular flexibility index (Phi) is 3.58. The summed E-state index contributed by atoms with van der Waals surface area (Å²) >= 11 is 7.87. The van der Waals surface area contributed by atoms with E-state index < -0.39 is 0 Å². The van der Waals surface area contributed by atoms with E-state index in [1.165, 1.54) is 0 Å². The zero-order chi connectivity index (χ0) is 9.14.